The summed E-state index contributed by atoms with van der Waals surface area (Å²) in [6, 6.07) is 2.09. The van der Waals surface area contributed by atoms with Crippen LogP contribution in [-0.2, 0) is 19.9 Å². The van der Waals surface area contributed by atoms with Crippen LogP contribution in [0.1, 0.15) is 33.9 Å². The van der Waals surface area contributed by atoms with Gasteiger partial charge < -0.3 is 19.3 Å². The zero-order chi connectivity index (χ0) is 26.2. The molecule has 2 saturated heterocycles. The van der Waals surface area contributed by atoms with Gasteiger partial charge in [-0.15, -0.1) is 11.3 Å². The first-order valence-electron chi connectivity index (χ1n) is 11.9. The number of ether oxygens (including phenoxy) is 2. The van der Waals surface area contributed by atoms with Crippen LogP contribution < -0.4 is 5.32 Å². The Balaban J connectivity index is 1.34. The number of morpholine rings is 1. The summed E-state index contributed by atoms with van der Waals surface area (Å²) in [6.07, 6.45) is 3.08. The molecule has 1 aliphatic carbocycles. The van der Waals surface area contributed by atoms with Gasteiger partial charge in [0.2, 0.25) is 0 Å². The zero-order valence-electron chi connectivity index (χ0n) is 19.9. The number of rotatable bonds is 5. The van der Waals surface area contributed by atoms with Crippen molar-refractivity contribution in [1.29, 1.82) is 0 Å². The number of hydrogen-bond acceptors (Lipinski definition) is 10. The molecule has 4 unspecified atom stereocenters. The molecule has 5 atom stereocenters. The molecule has 5 heterocycles. The Kier molecular flexibility index (Phi) is 5.45. The highest BCUT2D eigenvalue weighted by atomic mass is 35.5. The fourth-order valence-corrected chi connectivity index (χ4v) is 6.99. The Morgan fingerprint density at radius 2 is 2.26 bits per heavy atom. The van der Waals surface area contributed by atoms with Gasteiger partial charge in [-0.2, -0.15) is 0 Å². The van der Waals surface area contributed by atoms with Crippen molar-refractivity contribution in [2.24, 2.45) is 4.99 Å². The number of thiazole rings is 1. The van der Waals surface area contributed by atoms with Crippen molar-refractivity contribution in [3.05, 3.63) is 80.0 Å². The number of carbonyl (C=O) groups is 1. The van der Waals surface area contributed by atoms with E-state index in [2.05, 4.69) is 15.5 Å². The van der Waals surface area contributed by atoms with Gasteiger partial charge in [0.1, 0.15) is 11.9 Å². The number of alkyl halides is 1. The van der Waals surface area contributed by atoms with Crippen molar-refractivity contribution >= 4 is 34.7 Å². The Bertz CT molecular complexity index is 1510. The molecular weight excluding hydrogens is 540 g/mol. The summed E-state index contributed by atoms with van der Waals surface area (Å²) in [5.41, 5.74) is -0.114. The van der Waals surface area contributed by atoms with Crippen LogP contribution in [0.25, 0.3) is 0 Å². The lowest BCUT2D eigenvalue weighted by Gasteiger charge is -2.39. The number of carbonyl (C=O) groups excluding carboxylic acids is 1. The van der Waals surface area contributed by atoms with Crippen LogP contribution in [-0.4, -0.2) is 65.8 Å². The molecule has 196 valence electrons. The van der Waals surface area contributed by atoms with Gasteiger partial charge in [-0.25, -0.2) is 18.6 Å². The standard InChI is InChI=1S/C25H20ClF2N5O4S/c1-35-24(34)18-15(8-33-16-9-36-10-17(33)25(28)13-7-30-37-21(13)19(16)25)31-22(23-29-4-5-38-23)32-20(18)12-3-2-11(27)6-14(12)26/h2-7,16-17,19-20H,8-10H2,1H3,(H,31,32)/t16?,17?,19?,20-,25?/m0/s1. The van der Waals surface area contributed by atoms with Crippen LogP contribution in [0, 0.1) is 5.82 Å². The normalized spacial score (nSPS) is 29.7. The third-order valence-electron chi connectivity index (χ3n) is 7.77. The van der Waals surface area contributed by atoms with Gasteiger partial charge in [0, 0.05) is 40.4 Å². The average Bonchev–Trinajstić information content (AvgIpc) is 3.61. The molecule has 2 bridgehead atoms. The first kappa shape index (κ1) is 23.9. The van der Waals surface area contributed by atoms with Crippen LogP contribution in [0.2, 0.25) is 5.02 Å². The number of amidine groups is 1. The van der Waals surface area contributed by atoms with E-state index >= 15 is 4.39 Å². The van der Waals surface area contributed by atoms with E-state index in [9.17, 15) is 9.18 Å². The minimum Gasteiger partial charge on any atom is -0.466 e. The summed E-state index contributed by atoms with van der Waals surface area (Å²) < 4.78 is 46.7. The summed E-state index contributed by atoms with van der Waals surface area (Å²) in [4.78, 5) is 24.4. The molecule has 7 rings (SSSR count). The summed E-state index contributed by atoms with van der Waals surface area (Å²) in [6.45, 7) is 0.646. The Morgan fingerprint density at radius 1 is 1.39 bits per heavy atom. The number of aromatic nitrogens is 2. The topological polar surface area (TPSA) is 102 Å². The number of methoxy groups -OCH3 is 1. The molecular formula is C25H20ClF2N5O4S. The van der Waals surface area contributed by atoms with E-state index < -0.39 is 35.5 Å². The maximum Gasteiger partial charge on any atom is 0.338 e. The monoisotopic (exact) mass is 559 g/mol. The molecule has 9 nitrogen and oxygen atoms in total. The smallest absolute Gasteiger partial charge is 0.338 e. The Labute approximate surface area is 224 Å². The molecule has 4 aliphatic rings. The maximum atomic E-state index is 16.5. The summed E-state index contributed by atoms with van der Waals surface area (Å²) in [7, 11) is 1.27. The van der Waals surface area contributed by atoms with Crippen molar-refractivity contribution in [2.45, 2.75) is 29.7 Å². The van der Waals surface area contributed by atoms with Gasteiger partial charge in [0.15, 0.2) is 22.3 Å². The lowest BCUT2D eigenvalue weighted by atomic mass is 9.67. The highest BCUT2D eigenvalue weighted by Crippen LogP contribution is 2.64. The minimum absolute atomic E-state index is 0.115. The third kappa shape index (κ3) is 3.27. The molecule has 0 saturated carbocycles. The molecule has 3 aliphatic heterocycles. The maximum absolute atomic E-state index is 16.5. The van der Waals surface area contributed by atoms with E-state index in [1.807, 2.05) is 4.90 Å². The second-order valence-corrected chi connectivity index (χ2v) is 10.8. The second kappa shape index (κ2) is 8.67. The molecule has 0 spiro atoms. The van der Waals surface area contributed by atoms with Crippen LogP contribution in [0.3, 0.4) is 0 Å². The van der Waals surface area contributed by atoms with E-state index in [0.717, 1.165) is 0 Å². The summed E-state index contributed by atoms with van der Waals surface area (Å²) in [5, 5.41) is 9.58. The van der Waals surface area contributed by atoms with E-state index in [4.69, 9.17) is 30.6 Å². The highest BCUT2D eigenvalue weighted by molar-refractivity contribution is 7.11. The number of nitrogens with zero attached hydrogens (tertiary/aromatic N) is 4. The average molecular weight is 560 g/mol. The second-order valence-electron chi connectivity index (χ2n) is 9.53. The van der Waals surface area contributed by atoms with Gasteiger partial charge in [0.25, 0.3) is 0 Å². The van der Waals surface area contributed by atoms with Crippen molar-refractivity contribution in [1.82, 2.24) is 20.4 Å². The molecule has 1 N–H and O–H groups in total. The van der Waals surface area contributed by atoms with E-state index in [1.165, 1.54) is 42.8 Å². The number of fused-ring (bicyclic) bond motifs is 8. The fourth-order valence-electron chi connectivity index (χ4n) is 6.13. The molecule has 0 radical (unpaired) electrons. The largest absolute Gasteiger partial charge is 0.466 e. The van der Waals surface area contributed by atoms with Gasteiger partial charge in [-0.1, -0.05) is 22.8 Å². The van der Waals surface area contributed by atoms with Crippen molar-refractivity contribution < 1.29 is 27.6 Å². The zero-order valence-corrected chi connectivity index (χ0v) is 21.4. The number of hydrogen-bond donors (Lipinski definition) is 1. The van der Waals surface area contributed by atoms with E-state index in [1.54, 1.807) is 11.6 Å². The number of halogens is 3. The minimum atomic E-state index is -1.66. The van der Waals surface area contributed by atoms with Crippen molar-refractivity contribution in [2.75, 3.05) is 26.9 Å². The third-order valence-corrected chi connectivity index (χ3v) is 8.88. The van der Waals surface area contributed by atoms with Gasteiger partial charge in [0.05, 0.1) is 49.6 Å². The first-order valence-corrected chi connectivity index (χ1v) is 13.2. The van der Waals surface area contributed by atoms with Crippen molar-refractivity contribution in [3.63, 3.8) is 0 Å². The number of aliphatic imine (C=N–C) groups is 1. The van der Waals surface area contributed by atoms with Crippen LogP contribution in [0.15, 0.2) is 56.8 Å². The lowest BCUT2D eigenvalue weighted by molar-refractivity contribution is -0.136. The van der Waals surface area contributed by atoms with Gasteiger partial charge in [-0.3, -0.25) is 9.89 Å². The molecule has 0 amide bonds. The van der Waals surface area contributed by atoms with Crippen LogP contribution in [0.5, 0.6) is 0 Å². The summed E-state index contributed by atoms with van der Waals surface area (Å²) in [5.74, 6) is -0.708. The van der Waals surface area contributed by atoms with Crippen LogP contribution in [0.4, 0.5) is 8.78 Å². The SMILES string of the molecule is COC(=O)C1=C(CN2C3COCC2C2(F)c4cnoc4C32)NC(c2nccs2)=N[C@H]1c1ccc(F)cc1Cl. The highest BCUT2D eigenvalue weighted by Gasteiger charge is 2.72. The first-order chi connectivity index (χ1) is 18.4. The van der Waals surface area contributed by atoms with Crippen LogP contribution >= 0.6 is 22.9 Å². The predicted molar refractivity (Wildman–Crippen MR) is 132 cm³/mol. The quantitative estimate of drug-likeness (QED) is 0.474. The number of esters is 1. The van der Waals surface area contributed by atoms with E-state index in [-0.39, 0.29) is 29.8 Å². The van der Waals surface area contributed by atoms with Gasteiger partial charge in [-0.05, 0) is 12.1 Å². The molecule has 13 heteroatoms. The molecule has 38 heavy (non-hydrogen) atoms. The molecule has 1 aromatic carbocycles. The lowest BCUT2D eigenvalue weighted by Crippen LogP contribution is -2.52. The molecule has 3 aromatic rings. The summed E-state index contributed by atoms with van der Waals surface area (Å²) >= 11 is 7.80. The number of benzene rings is 1. The fraction of sp³-hybridized carbons (Fsp3) is 0.360. The Hall–Kier alpha value is -3.19. The predicted octanol–water partition coefficient (Wildman–Crippen LogP) is 3.49. The number of nitrogens with one attached hydrogen (secondary N) is 1. The molecule has 2 fully saturated rings. The van der Waals surface area contributed by atoms with Gasteiger partial charge >= 0.3 is 5.97 Å². The van der Waals surface area contributed by atoms with Crippen molar-refractivity contribution in [3.8, 4) is 0 Å². The van der Waals surface area contributed by atoms with E-state index in [0.29, 0.717) is 40.0 Å². The molecule has 2 aromatic heterocycles. The Morgan fingerprint density at radius 3 is 3.03 bits per heavy atom.